The number of rotatable bonds is 6. The van der Waals surface area contributed by atoms with Crippen LogP contribution in [0.5, 0.6) is 0 Å². The molecule has 2 aromatic rings. The van der Waals surface area contributed by atoms with Crippen LogP contribution < -0.4 is 0 Å². The lowest BCUT2D eigenvalue weighted by Gasteiger charge is -2.43. The average molecular weight is 521 g/mol. The summed E-state index contributed by atoms with van der Waals surface area (Å²) in [6.45, 7) is 8.64. The number of halogens is 2. The van der Waals surface area contributed by atoms with E-state index in [1.807, 2.05) is 16.7 Å². The normalized spacial score (nSPS) is 27.0. The highest BCUT2D eigenvalue weighted by molar-refractivity contribution is 8.24. The lowest BCUT2D eigenvalue weighted by atomic mass is 9.68. The molecular formula is C26H34F2N4O3S. The molecular weight excluding hydrogens is 486 g/mol. The van der Waals surface area contributed by atoms with Crippen molar-refractivity contribution in [2.24, 2.45) is 5.41 Å². The summed E-state index contributed by atoms with van der Waals surface area (Å²) < 4.78 is 48.7. The van der Waals surface area contributed by atoms with Crippen molar-refractivity contribution in [1.29, 1.82) is 0 Å². The molecule has 3 aliphatic rings. The summed E-state index contributed by atoms with van der Waals surface area (Å²) in [5.41, 5.74) is 1.25. The van der Waals surface area contributed by atoms with Gasteiger partial charge in [-0.05, 0) is 54.9 Å². The summed E-state index contributed by atoms with van der Waals surface area (Å²) in [4.78, 5) is 17.2. The lowest BCUT2D eigenvalue weighted by Crippen LogP contribution is -2.51. The Morgan fingerprint density at radius 2 is 1.86 bits per heavy atom. The van der Waals surface area contributed by atoms with Gasteiger partial charge in [-0.1, -0.05) is 19.9 Å². The van der Waals surface area contributed by atoms with E-state index in [2.05, 4.69) is 24.0 Å². The Kier molecular flexibility index (Phi) is 6.38. The molecule has 7 nitrogen and oxygen atoms in total. The van der Waals surface area contributed by atoms with Gasteiger partial charge in [-0.2, -0.15) is 20.8 Å². The van der Waals surface area contributed by atoms with Gasteiger partial charge in [0.15, 0.2) is 0 Å². The Morgan fingerprint density at radius 1 is 1.19 bits per heavy atom. The van der Waals surface area contributed by atoms with Gasteiger partial charge in [0, 0.05) is 31.6 Å². The van der Waals surface area contributed by atoms with Crippen molar-refractivity contribution < 1.29 is 22.7 Å². The number of likely N-dealkylation sites (N-methyl/N-ethyl adjacent to an activating group) is 1. The van der Waals surface area contributed by atoms with Crippen LogP contribution in [0.2, 0.25) is 0 Å². The predicted molar refractivity (Wildman–Crippen MR) is 136 cm³/mol. The molecule has 1 saturated heterocycles. The first kappa shape index (κ1) is 25.5. The van der Waals surface area contributed by atoms with E-state index >= 15 is 0 Å². The van der Waals surface area contributed by atoms with E-state index in [9.17, 15) is 22.7 Å². The molecule has 36 heavy (non-hydrogen) atoms. The van der Waals surface area contributed by atoms with Gasteiger partial charge >= 0.3 is 0 Å². The van der Waals surface area contributed by atoms with Crippen LogP contribution in [0.15, 0.2) is 24.3 Å². The highest BCUT2D eigenvalue weighted by Crippen LogP contribution is 2.67. The Balaban J connectivity index is 1.42. The molecule has 2 aliphatic carbocycles. The van der Waals surface area contributed by atoms with E-state index in [1.54, 1.807) is 6.07 Å². The molecule has 0 spiro atoms. The second kappa shape index (κ2) is 9.01. The zero-order valence-electron chi connectivity index (χ0n) is 21.0. The molecule has 2 N–H and O–H groups in total. The molecule has 1 aromatic heterocycles. The average Bonchev–Trinajstić information content (AvgIpc) is 3.18. The minimum atomic E-state index is -2.51. The van der Waals surface area contributed by atoms with E-state index in [4.69, 9.17) is 0 Å². The first-order valence-corrected chi connectivity index (χ1v) is 14.4. The first-order valence-electron chi connectivity index (χ1n) is 12.6. The maximum atomic E-state index is 14.5. The van der Waals surface area contributed by atoms with Crippen LogP contribution in [0.3, 0.4) is 0 Å². The third-order valence-electron chi connectivity index (χ3n) is 8.86. The van der Waals surface area contributed by atoms with Crippen LogP contribution in [0, 0.1) is 17.0 Å². The topological polar surface area (TPSA) is 89.8 Å². The summed E-state index contributed by atoms with van der Waals surface area (Å²) >= 11 is 0. The number of fused-ring (bicyclic) bond motifs is 5. The van der Waals surface area contributed by atoms with Crippen LogP contribution in [-0.2, 0) is 10.2 Å². The van der Waals surface area contributed by atoms with Crippen molar-refractivity contribution in [3.05, 3.63) is 47.2 Å². The van der Waals surface area contributed by atoms with Gasteiger partial charge < -0.3 is 4.90 Å². The van der Waals surface area contributed by atoms with Crippen molar-refractivity contribution in [3.8, 4) is 11.3 Å². The maximum absolute atomic E-state index is 14.5. The second-order valence-corrected chi connectivity index (χ2v) is 13.3. The highest BCUT2D eigenvalue weighted by atomic mass is 32.3. The minimum Gasteiger partial charge on any atom is -0.341 e. The highest BCUT2D eigenvalue weighted by Gasteiger charge is 2.64. The number of carbonyl (C=O) groups is 1. The minimum absolute atomic E-state index is 0.0101. The van der Waals surface area contributed by atoms with Crippen LogP contribution >= 0.6 is 10.6 Å². The standard InChI is InChI=1S/C26H34F2N4O3S/c1-4-32(22(33)15-31-10-12-36(34,35)13-11-31)16-26-9-8-18(25(26,2)3)17-14-21(29-30-24(17)26)23-19(27)6-5-7-20(23)28/h5-7,14,18,34-35H,4,8-13,15-16H2,1-3H3/t18-,26-/m0/s1. The fourth-order valence-corrected chi connectivity index (χ4v) is 7.86. The van der Waals surface area contributed by atoms with Crippen LogP contribution in [0.4, 0.5) is 8.78 Å². The fourth-order valence-electron chi connectivity index (χ4n) is 6.56. The van der Waals surface area contributed by atoms with E-state index in [-0.39, 0.29) is 35.0 Å². The van der Waals surface area contributed by atoms with Gasteiger partial charge in [-0.3, -0.25) is 18.8 Å². The van der Waals surface area contributed by atoms with Gasteiger partial charge in [0.05, 0.1) is 35.0 Å². The van der Waals surface area contributed by atoms with Crippen LogP contribution in [-0.4, -0.2) is 79.2 Å². The van der Waals surface area contributed by atoms with Crippen LogP contribution in [0.25, 0.3) is 11.3 Å². The summed E-state index contributed by atoms with van der Waals surface area (Å²) in [6, 6.07) is 5.57. The summed E-state index contributed by atoms with van der Waals surface area (Å²) in [5, 5.41) is 8.83. The molecule has 1 saturated carbocycles. The number of nitrogens with zero attached hydrogens (tertiary/aromatic N) is 4. The molecule has 0 unspecified atom stereocenters. The lowest BCUT2D eigenvalue weighted by molar-refractivity contribution is -0.133. The third-order valence-corrected chi connectivity index (χ3v) is 10.5. The molecule has 1 aliphatic heterocycles. The van der Waals surface area contributed by atoms with Crippen molar-refractivity contribution in [1.82, 2.24) is 20.0 Å². The van der Waals surface area contributed by atoms with Gasteiger partial charge in [0.2, 0.25) is 5.91 Å². The number of amides is 1. The second-order valence-electron chi connectivity index (χ2n) is 10.9. The molecule has 10 heteroatoms. The number of hydrogen-bond acceptors (Lipinski definition) is 6. The molecule has 1 amide bonds. The van der Waals surface area contributed by atoms with Crippen molar-refractivity contribution in [2.45, 2.75) is 44.9 Å². The molecule has 196 valence electrons. The number of aromatic nitrogens is 2. The Hall–Kier alpha value is -2.14. The Morgan fingerprint density at radius 3 is 2.50 bits per heavy atom. The van der Waals surface area contributed by atoms with Crippen molar-refractivity contribution >= 4 is 16.5 Å². The molecule has 2 heterocycles. The van der Waals surface area contributed by atoms with E-state index < -0.39 is 27.6 Å². The van der Waals surface area contributed by atoms with Crippen LogP contribution in [0.1, 0.15) is 50.8 Å². The maximum Gasteiger partial charge on any atom is 0.236 e. The van der Waals surface area contributed by atoms with Crippen molar-refractivity contribution in [2.75, 3.05) is 44.2 Å². The third kappa shape index (κ3) is 4.02. The molecule has 2 fully saturated rings. The molecule has 1 aromatic carbocycles. The van der Waals surface area contributed by atoms with Gasteiger partial charge in [0.1, 0.15) is 11.6 Å². The molecule has 5 rings (SSSR count). The predicted octanol–water partition coefficient (Wildman–Crippen LogP) is 4.49. The SMILES string of the molecule is CCN(C[C@@]12CC[C@@H](c3cc(-c4c(F)cccc4F)nnc31)C2(C)C)C(=O)CN1CCS(O)(O)CC1. The van der Waals surface area contributed by atoms with Crippen molar-refractivity contribution in [3.63, 3.8) is 0 Å². The first-order chi connectivity index (χ1) is 17.0. The monoisotopic (exact) mass is 520 g/mol. The molecule has 2 bridgehead atoms. The van der Waals surface area contributed by atoms with E-state index in [0.717, 1.165) is 24.1 Å². The van der Waals surface area contributed by atoms with Gasteiger partial charge in [-0.15, -0.1) is 0 Å². The quantitative estimate of drug-likeness (QED) is 0.583. The number of hydrogen-bond donors (Lipinski definition) is 2. The number of benzene rings is 1. The molecule has 0 radical (unpaired) electrons. The van der Waals surface area contributed by atoms with E-state index in [1.165, 1.54) is 18.2 Å². The summed E-state index contributed by atoms with van der Waals surface area (Å²) in [7, 11) is -2.51. The van der Waals surface area contributed by atoms with Gasteiger partial charge in [-0.25, -0.2) is 8.78 Å². The zero-order chi connectivity index (χ0) is 25.9. The smallest absolute Gasteiger partial charge is 0.236 e. The van der Waals surface area contributed by atoms with E-state index in [0.29, 0.717) is 37.7 Å². The van der Waals surface area contributed by atoms with Gasteiger partial charge in [0.25, 0.3) is 0 Å². The fraction of sp³-hybridized carbons (Fsp3) is 0.577. The number of carbonyl (C=O) groups excluding carboxylic acids is 1. The Labute approximate surface area is 212 Å². The largest absolute Gasteiger partial charge is 0.341 e. The summed E-state index contributed by atoms with van der Waals surface area (Å²) in [5.74, 6) is -0.544. The molecule has 2 atom stereocenters. The Bertz CT molecular complexity index is 1160. The zero-order valence-corrected chi connectivity index (χ0v) is 21.8. The summed E-state index contributed by atoms with van der Waals surface area (Å²) in [6.07, 6.45) is 1.79.